The second kappa shape index (κ2) is 11.2. The molecular weight excluding hydrogens is 408 g/mol. The van der Waals surface area contributed by atoms with Crippen molar-refractivity contribution in [2.75, 3.05) is 18.5 Å². The van der Waals surface area contributed by atoms with E-state index >= 15 is 0 Å². The summed E-state index contributed by atoms with van der Waals surface area (Å²) in [4.78, 5) is 36.6. The molecule has 0 saturated heterocycles. The van der Waals surface area contributed by atoms with Crippen molar-refractivity contribution in [1.82, 2.24) is 5.32 Å². The van der Waals surface area contributed by atoms with Gasteiger partial charge in [0, 0.05) is 11.6 Å². The molecule has 30 heavy (non-hydrogen) atoms. The summed E-state index contributed by atoms with van der Waals surface area (Å²) in [5.74, 6) is -0.848. The SMILES string of the molecule is CC(C)CNC(=O)c1ccccc1NC(=O)COC(=O)C(C)Oc1cccc(Cl)c1. The molecular formula is C22H25ClN2O5. The quantitative estimate of drug-likeness (QED) is 0.589. The minimum atomic E-state index is -0.926. The van der Waals surface area contributed by atoms with Gasteiger partial charge >= 0.3 is 5.97 Å². The monoisotopic (exact) mass is 432 g/mol. The highest BCUT2D eigenvalue weighted by molar-refractivity contribution is 6.30. The van der Waals surface area contributed by atoms with Crippen molar-refractivity contribution in [1.29, 1.82) is 0 Å². The number of carbonyl (C=O) groups is 3. The Balaban J connectivity index is 1.88. The van der Waals surface area contributed by atoms with Crippen LogP contribution in [0.4, 0.5) is 5.69 Å². The zero-order valence-electron chi connectivity index (χ0n) is 17.1. The lowest BCUT2D eigenvalue weighted by molar-refractivity contribution is -0.153. The predicted octanol–water partition coefficient (Wildman–Crippen LogP) is 3.68. The Kier molecular flexibility index (Phi) is 8.68. The van der Waals surface area contributed by atoms with E-state index in [1.54, 1.807) is 48.5 Å². The number of para-hydroxylation sites is 1. The van der Waals surface area contributed by atoms with Gasteiger partial charge in [0.2, 0.25) is 0 Å². The smallest absolute Gasteiger partial charge is 0.347 e. The maximum atomic E-state index is 12.3. The van der Waals surface area contributed by atoms with Crippen molar-refractivity contribution < 1.29 is 23.9 Å². The topological polar surface area (TPSA) is 93.7 Å². The standard InChI is InChI=1S/C22H25ClN2O5/c1-14(2)12-24-21(27)18-9-4-5-10-19(18)25-20(26)13-29-22(28)15(3)30-17-8-6-7-16(23)11-17/h4-11,14-15H,12-13H2,1-3H3,(H,24,27)(H,25,26). The Bertz CT molecular complexity index is 901. The van der Waals surface area contributed by atoms with Gasteiger partial charge in [-0.15, -0.1) is 0 Å². The van der Waals surface area contributed by atoms with Crippen LogP contribution in [-0.4, -0.2) is 37.0 Å². The van der Waals surface area contributed by atoms with Crippen LogP contribution in [0.2, 0.25) is 5.02 Å². The van der Waals surface area contributed by atoms with Crippen molar-refractivity contribution in [2.24, 2.45) is 5.92 Å². The predicted molar refractivity (Wildman–Crippen MR) is 115 cm³/mol. The van der Waals surface area contributed by atoms with E-state index in [1.165, 1.54) is 6.92 Å². The largest absolute Gasteiger partial charge is 0.479 e. The van der Waals surface area contributed by atoms with Gasteiger partial charge in [-0.25, -0.2) is 4.79 Å². The summed E-state index contributed by atoms with van der Waals surface area (Å²) in [6.07, 6.45) is -0.926. The summed E-state index contributed by atoms with van der Waals surface area (Å²) in [5.41, 5.74) is 0.665. The molecule has 0 saturated carbocycles. The number of carbonyl (C=O) groups excluding carboxylic acids is 3. The minimum absolute atomic E-state index is 0.292. The van der Waals surface area contributed by atoms with E-state index in [2.05, 4.69) is 10.6 Å². The number of halogens is 1. The Morgan fingerprint density at radius 1 is 1.03 bits per heavy atom. The second-order valence-electron chi connectivity index (χ2n) is 7.02. The molecule has 1 atom stereocenters. The van der Waals surface area contributed by atoms with Gasteiger partial charge in [-0.1, -0.05) is 43.6 Å². The first-order chi connectivity index (χ1) is 14.3. The molecule has 0 aliphatic heterocycles. The van der Waals surface area contributed by atoms with E-state index in [9.17, 15) is 14.4 Å². The number of benzene rings is 2. The van der Waals surface area contributed by atoms with Gasteiger partial charge in [0.15, 0.2) is 12.7 Å². The van der Waals surface area contributed by atoms with E-state index < -0.39 is 24.6 Å². The van der Waals surface area contributed by atoms with Crippen molar-refractivity contribution >= 4 is 35.1 Å². The van der Waals surface area contributed by atoms with Crippen LogP contribution >= 0.6 is 11.6 Å². The van der Waals surface area contributed by atoms with Crippen LogP contribution in [0.25, 0.3) is 0 Å². The van der Waals surface area contributed by atoms with Crippen LogP contribution in [0.5, 0.6) is 5.75 Å². The molecule has 0 radical (unpaired) electrons. The molecule has 2 amide bonds. The van der Waals surface area contributed by atoms with Crippen LogP contribution in [0.15, 0.2) is 48.5 Å². The lowest BCUT2D eigenvalue weighted by Crippen LogP contribution is -2.31. The number of ether oxygens (including phenoxy) is 2. The van der Waals surface area contributed by atoms with Gasteiger partial charge in [0.1, 0.15) is 5.75 Å². The Hall–Kier alpha value is -3.06. The van der Waals surface area contributed by atoms with Crippen molar-refractivity contribution in [3.8, 4) is 5.75 Å². The fraction of sp³-hybridized carbons (Fsp3) is 0.318. The molecule has 2 rings (SSSR count). The fourth-order valence-corrected chi connectivity index (χ4v) is 2.60. The van der Waals surface area contributed by atoms with E-state index in [1.807, 2.05) is 13.8 Å². The third-order valence-corrected chi connectivity index (χ3v) is 4.14. The number of hydrogen-bond acceptors (Lipinski definition) is 5. The highest BCUT2D eigenvalue weighted by Gasteiger charge is 2.19. The van der Waals surface area contributed by atoms with Gasteiger partial charge < -0.3 is 20.1 Å². The molecule has 0 heterocycles. The van der Waals surface area contributed by atoms with Crippen LogP contribution in [0, 0.1) is 5.92 Å². The molecule has 160 valence electrons. The number of nitrogens with one attached hydrogen (secondary N) is 2. The first-order valence-corrected chi connectivity index (χ1v) is 9.90. The number of rotatable bonds is 9. The van der Waals surface area contributed by atoms with Crippen molar-refractivity contribution in [2.45, 2.75) is 26.9 Å². The van der Waals surface area contributed by atoms with Gasteiger partial charge in [-0.2, -0.15) is 0 Å². The first-order valence-electron chi connectivity index (χ1n) is 9.52. The average molecular weight is 433 g/mol. The maximum Gasteiger partial charge on any atom is 0.347 e. The third-order valence-electron chi connectivity index (χ3n) is 3.90. The molecule has 0 aliphatic rings. The lowest BCUT2D eigenvalue weighted by atomic mass is 10.1. The first kappa shape index (κ1) is 23.2. The van der Waals surface area contributed by atoms with Gasteiger partial charge in [0.05, 0.1) is 11.3 Å². The second-order valence-corrected chi connectivity index (χ2v) is 7.46. The molecule has 1 unspecified atom stereocenters. The average Bonchev–Trinajstić information content (AvgIpc) is 2.70. The fourth-order valence-electron chi connectivity index (χ4n) is 2.42. The summed E-state index contributed by atoms with van der Waals surface area (Å²) >= 11 is 5.88. The molecule has 7 nitrogen and oxygen atoms in total. The molecule has 0 aromatic heterocycles. The van der Waals surface area contributed by atoms with Gasteiger partial charge in [0.25, 0.3) is 11.8 Å². The normalized spacial score (nSPS) is 11.5. The molecule has 0 spiro atoms. The number of esters is 1. The summed E-state index contributed by atoms with van der Waals surface area (Å²) in [6, 6.07) is 13.2. The van der Waals surface area contributed by atoms with E-state index in [-0.39, 0.29) is 5.91 Å². The molecule has 2 aromatic carbocycles. The van der Waals surface area contributed by atoms with E-state index in [4.69, 9.17) is 21.1 Å². The third kappa shape index (κ3) is 7.40. The molecule has 0 aliphatic carbocycles. The van der Waals surface area contributed by atoms with Gasteiger partial charge in [-0.3, -0.25) is 9.59 Å². The summed E-state index contributed by atoms with van der Waals surface area (Å²) < 4.78 is 10.5. The zero-order valence-corrected chi connectivity index (χ0v) is 17.9. The Morgan fingerprint density at radius 2 is 1.77 bits per heavy atom. The summed E-state index contributed by atoms with van der Waals surface area (Å²) in [6.45, 7) is 5.49. The minimum Gasteiger partial charge on any atom is -0.479 e. The summed E-state index contributed by atoms with van der Waals surface area (Å²) in [5, 5.41) is 5.87. The molecule has 2 N–H and O–H groups in total. The van der Waals surface area contributed by atoms with Crippen molar-refractivity contribution in [3.63, 3.8) is 0 Å². The maximum absolute atomic E-state index is 12.3. The molecule has 2 aromatic rings. The van der Waals surface area contributed by atoms with E-state index in [0.717, 1.165) is 0 Å². The molecule has 8 heteroatoms. The lowest BCUT2D eigenvalue weighted by Gasteiger charge is -2.15. The number of amides is 2. The highest BCUT2D eigenvalue weighted by atomic mass is 35.5. The van der Waals surface area contributed by atoms with Crippen LogP contribution in [0.3, 0.4) is 0 Å². The van der Waals surface area contributed by atoms with Crippen molar-refractivity contribution in [3.05, 3.63) is 59.1 Å². The van der Waals surface area contributed by atoms with Crippen LogP contribution in [0.1, 0.15) is 31.1 Å². The highest BCUT2D eigenvalue weighted by Crippen LogP contribution is 2.19. The Labute approximate surface area is 180 Å². The van der Waals surface area contributed by atoms with Crippen LogP contribution < -0.4 is 15.4 Å². The number of hydrogen-bond donors (Lipinski definition) is 2. The van der Waals surface area contributed by atoms with E-state index in [0.29, 0.717) is 34.5 Å². The molecule has 0 fully saturated rings. The van der Waals surface area contributed by atoms with Crippen LogP contribution in [-0.2, 0) is 14.3 Å². The molecule has 0 bridgehead atoms. The number of anilines is 1. The Morgan fingerprint density at radius 3 is 2.47 bits per heavy atom. The zero-order chi connectivity index (χ0) is 22.1. The van der Waals surface area contributed by atoms with Gasteiger partial charge in [-0.05, 0) is 43.2 Å². The summed E-state index contributed by atoms with van der Waals surface area (Å²) in [7, 11) is 0.